The number of rotatable bonds is 9. The van der Waals surface area contributed by atoms with Gasteiger partial charge in [-0.1, -0.05) is 182 Å². The van der Waals surface area contributed by atoms with Crippen LogP contribution in [0, 0.1) is 0 Å². The fourth-order valence-corrected chi connectivity index (χ4v) is 7.26. The van der Waals surface area contributed by atoms with Crippen molar-refractivity contribution in [1.82, 2.24) is 29.9 Å². The van der Waals surface area contributed by atoms with Crippen LogP contribution in [0.2, 0.25) is 0 Å². The number of hydrogen-bond donors (Lipinski definition) is 0. The van der Waals surface area contributed by atoms with Crippen molar-refractivity contribution < 1.29 is 0 Å². The molecule has 6 nitrogen and oxygen atoms in total. The van der Waals surface area contributed by atoms with Gasteiger partial charge in [-0.25, -0.2) is 19.9 Å². The zero-order chi connectivity index (χ0) is 40.1. The highest BCUT2D eigenvalue weighted by Gasteiger charge is 2.14. The third kappa shape index (κ3) is 7.73. The molecule has 0 radical (unpaired) electrons. The van der Waals surface area contributed by atoms with E-state index in [1.54, 1.807) is 0 Å². The van der Waals surface area contributed by atoms with Crippen molar-refractivity contribution in [2.45, 2.75) is 0 Å². The Labute approximate surface area is 348 Å². The van der Waals surface area contributed by atoms with Crippen molar-refractivity contribution in [2.75, 3.05) is 0 Å². The Morgan fingerprint density at radius 1 is 0.200 bits per heavy atom. The van der Waals surface area contributed by atoms with Crippen molar-refractivity contribution in [1.29, 1.82) is 0 Å². The smallest absolute Gasteiger partial charge is 0.164 e. The molecule has 0 N–H and O–H groups in total. The van der Waals surface area contributed by atoms with E-state index in [0.29, 0.717) is 17.5 Å². The number of hydrogen-bond acceptors (Lipinski definition) is 6. The summed E-state index contributed by atoms with van der Waals surface area (Å²) in [6.45, 7) is 0. The molecule has 0 saturated carbocycles. The maximum Gasteiger partial charge on any atom is 0.164 e. The maximum atomic E-state index is 5.08. The van der Waals surface area contributed by atoms with Gasteiger partial charge in [-0.2, -0.15) is 0 Å². The van der Waals surface area contributed by atoms with E-state index in [-0.39, 0.29) is 0 Å². The minimum absolute atomic E-state index is 0.632. The van der Waals surface area contributed by atoms with Crippen LogP contribution >= 0.6 is 0 Å². The Bertz CT molecular complexity index is 2950. The topological polar surface area (TPSA) is 77.3 Å². The minimum Gasteiger partial charge on any atom is -0.254 e. The fourth-order valence-electron chi connectivity index (χ4n) is 7.26. The highest BCUT2D eigenvalue weighted by Crippen LogP contribution is 2.32. The maximum absolute atomic E-state index is 5.08. The Balaban J connectivity index is 0.900. The molecule has 0 unspecified atom stereocenters. The molecule has 0 bridgehead atoms. The van der Waals surface area contributed by atoms with Crippen molar-refractivity contribution in [3.05, 3.63) is 219 Å². The molecule has 0 aliphatic rings. The van der Waals surface area contributed by atoms with Crippen LogP contribution in [0.4, 0.5) is 0 Å². The molecule has 0 atom stereocenters. The lowest BCUT2D eigenvalue weighted by Crippen LogP contribution is -2.00. The molecule has 0 aliphatic heterocycles. The predicted molar refractivity (Wildman–Crippen MR) is 242 cm³/mol. The summed E-state index contributed by atoms with van der Waals surface area (Å²) in [7, 11) is 0. The van der Waals surface area contributed by atoms with Gasteiger partial charge in [0.1, 0.15) is 0 Å². The molecule has 60 heavy (non-hydrogen) atoms. The summed E-state index contributed by atoms with van der Waals surface area (Å²) in [5.74, 6) is 1.92. The van der Waals surface area contributed by atoms with Crippen molar-refractivity contribution in [3.8, 4) is 101 Å². The zero-order valence-electron chi connectivity index (χ0n) is 32.5. The lowest BCUT2D eigenvalue weighted by atomic mass is 9.99. The highest BCUT2D eigenvalue weighted by atomic mass is 15.0. The Morgan fingerprint density at radius 3 is 0.850 bits per heavy atom. The van der Waals surface area contributed by atoms with Crippen molar-refractivity contribution in [3.63, 3.8) is 0 Å². The summed E-state index contributed by atoms with van der Waals surface area (Å²) in [5.41, 5.74) is 14.7. The van der Waals surface area contributed by atoms with Gasteiger partial charge >= 0.3 is 0 Å². The number of pyridine rings is 3. The van der Waals surface area contributed by atoms with Gasteiger partial charge in [0.05, 0.1) is 22.8 Å². The SMILES string of the molecule is c1ccc(-c2ccc(-c3cc(-c4ccccc4)cc(-c4ccc(-c5ccc(-c6ccc(-c7nc(-c8ccccc8)nc(-c8ccccc8)n7)cc6)cc5)cn4)n3)nc2)cc1. The third-order valence-corrected chi connectivity index (χ3v) is 10.5. The lowest BCUT2D eigenvalue weighted by molar-refractivity contribution is 1.07. The highest BCUT2D eigenvalue weighted by molar-refractivity contribution is 5.77. The third-order valence-electron chi connectivity index (χ3n) is 10.5. The summed E-state index contributed by atoms with van der Waals surface area (Å²) in [6, 6.07) is 70.2. The lowest BCUT2D eigenvalue weighted by Gasteiger charge is -2.11. The summed E-state index contributed by atoms with van der Waals surface area (Å²) >= 11 is 0. The zero-order valence-corrected chi connectivity index (χ0v) is 32.5. The first kappa shape index (κ1) is 36.1. The van der Waals surface area contributed by atoms with Crippen LogP contribution in [-0.2, 0) is 0 Å². The molecule has 6 heteroatoms. The molecule has 0 aliphatic carbocycles. The average molecular weight is 769 g/mol. The minimum atomic E-state index is 0.632. The van der Waals surface area contributed by atoms with Crippen LogP contribution in [0.15, 0.2) is 219 Å². The van der Waals surface area contributed by atoms with Gasteiger partial charge in [0.2, 0.25) is 0 Å². The normalized spacial score (nSPS) is 11.0. The number of aromatic nitrogens is 6. The van der Waals surface area contributed by atoms with Crippen molar-refractivity contribution in [2.24, 2.45) is 0 Å². The summed E-state index contributed by atoms with van der Waals surface area (Å²) in [5, 5.41) is 0. The molecule has 0 fully saturated rings. The molecule has 10 aromatic rings. The van der Waals surface area contributed by atoms with E-state index in [1.807, 2.05) is 109 Å². The molecule has 0 saturated heterocycles. The average Bonchev–Trinajstić information content (AvgIpc) is 3.35. The van der Waals surface area contributed by atoms with Crippen LogP contribution in [0.1, 0.15) is 0 Å². The van der Waals surface area contributed by atoms with Gasteiger partial charge in [-0.3, -0.25) is 9.97 Å². The van der Waals surface area contributed by atoms with Crippen LogP contribution in [0.25, 0.3) is 101 Å². The van der Waals surface area contributed by atoms with E-state index >= 15 is 0 Å². The summed E-state index contributed by atoms with van der Waals surface area (Å²) in [6.07, 6.45) is 3.83. The van der Waals surface area contributed by atoms with Gasteiger partial charge in [0.25, 0.3) is 0 Å². The first-order chi connectivity index (χ1) is 29.7. The van der Waals surface area contributed by atoms with E-state index in [1.165, 1.54) is 0 Å². The van der Waals surface area contributed by atoms with E-state index < -0.39 is 0 Å². The Morgan fingerprint density at radius 2 is 0.483 bits per heavy atom. The molecular weight excluding hydrogens is 733 g/mol. The van der Waals surface area contributed by atoms with Crippen LogP contribution in [-0.4, -0.2) is 29.9 Å². The van der Waals surface area contributed by atoms with E-state index in [2.05, 4.69) is 109 Å². The first-order valence-electron chi connectivity index (χ1n) is 19.8. The van der Waals surface area contributed by atoms with Crippen LogP contribution in [0.5, 0.6) is 0 Å². The summed E-state index contributed by atoms with van der Waals surface area (Å²) in [4.78, 5) is 29.4. The molecule has 6 aromatic carbocycles. The van der Waals surface area contributed by atoms with E-state index in [9.17, 15) is 0 Å². The van der Waals surface area contributed by atoms with Crippen LogP contribution < -0.4 is 0 Å². The molecule has 0 amide bonds. The molecule has 10 rings (SSSR count). The molecular formula is C54H36N6. The largest absolute Gasteiger partial charge is 0.254 e. The van der Waals surface area contributed by atoms with E-state index in [0.717, 1.165) is 84.0 Å². The molecule has 282 valence electrons. The van der Waals surface area contributed by atoms with Crippen LogP contribution in [0.3, 0.4) is 0 Å². The molecule has 0 spiro atoms. The van der Waals surface area contributed by atoms with Gasteiger partial charge in [0, 0.05) is 40.2 Å². The fraction of sp³-hybridized carbons (Fsp3) is 0. The second-order valence-corrected chi connectivity index (χ2v) is 14.4. The monoisotopic (exact) mass is 768 g/mol. The van der Waals surface area contributed by atoms with E-state index in [4.69, 9.17) is 29.9 Å². The Kier molecular flexibility index (Phi) is 9.84. The van der Waals surface area contributed by atoms with Crippen molar-refractivity contribution >= 4 is 0 Å². The first-order valence-corrected chi connectivity index (χ1v) is 19.8. The second-order valence-electron chi connectivity index (χ2n) is 14.4. The Hall–Kier alpha value is -8.22. The van der Waals surface area contributed by atoms with Gasteiger partial charge in [-0.15, -0.1) is 0 Å². The quantitative estimate of drug-likeness (QED) is 0.145. The number of nitrogens with zero attached hydrogens (tertiary/aromatic N) is 6. The summed E-state index contributed by atoms with van der Waals surface area (Å²) < 4.78 is 0. The van der Waals surface area contributed by atoms with Gasteiger partial charge in [-0.05, 0) is 57.6 Å². The molecule has 4 aromatic heterocycles. The molecule has 4 heterocycles. The number of benzene rings is 6. The standard InChI is InChI=1S/C54H36N6/c1-5-13-37(14-6-1)45-29-31-48(55-35-45)50-33-47(38-15-7-2-8-16-38)34-51(57-50)49-32-30-46(36-56-49)41-23-21-39(22-24-41)40-25-27-44(28-26-40)54-59-52(42-17-9-3-10-18-42)58-53(60-54)43-19-11-4-12-20-43/h1-36H. The van der Waals surface area contributed by atoms with Gasteiger partial charge in [0.15, 0.2) is 17.5 Å². The second kappa shape index (κ2) is 16.3. The van der Waals surface area contributed by atoms with Gasteiger partial charge < -0.3 is 0 Å². The predicted octanol–water partition coefficient (Wildman–Crippen LogP) is 13.1.